The van der Waals surface area contributed by atoms with Gasteiger partial charge in [-0.1, -0.05) is 12.2 Å². The molecule has 2 heteroatoms. The Labute approximate surface area is 79.0 Å². The zero-order valence-electron chi connectivity index (χ0n) is 8.30. The molecule has 0 radical (unpaired) electrons. The molecule has 2 atom stereocenters. The zero-order chi connectivity index (χ0) is 10.1. The molecule has 0 aromatic rings. The van der Waals surface area contributed by atoms with Crippen LogP contribution in [0.4, 0.5) is 0 Å². The van der Waals surface area contributed by atoms with Gasteiger partial charge in [-0.2, -0.15) is 0 Å². The number of ketones is 1. The normalized spacial score (nSPS) is 33.4. The Kier molecular flexibility index (Phi) is 2.69. The van der Waals surface area contributed by atoms with Crippen LogP contribution in [-0.2, 0) is 9.59 Å². The van der Waals surface area contributed by atoms with Crippen LogP contribution in [0.15, 0.2) is 12.2 Å². The van der Waals surface area contributed by atoms with Crippen LogP contribution in [0.5, 0.6) is 0 Å². The quantitative estimate of drug-likeness (QED) is 0.492. The molecule has 0 spiro atoms. The lowest BCUT2D eigenvalue weighted by molar-refractivity contribution is -0.120. The van der Waals surface area contributed by atoms with Crippen molar-refractivity contribution in [1.29, 1.82) is 0 Å². The van der Waals surface area contributed by atoms with E-state index in [2.05, 4.69) is 6.58 Å². The predicted octanol–water partition coefficient (Wildman–Crippen LogP) is 2.14. The van der Waals surface area contributed by atoms with E-state index in [1.165, 1.54) is 0 Å². The van der Waals surface area contributed by atoms with Crippen molar-refractivity contribution >= 4 is 12.1 Å². The second kappa shape index (κ2) is 3.44. The SMILES string of the molecule is C=C1CC[C@H](CC(C)=O)[C@@]1(C)C=O. The molecule has 0 amide bonds. The highest BCUT2D eigenvalue weighted by Gasteiger charge is 2.41. The van der Waals surface area contributed by atoms with Gasteiger partial charge in [-0.15, -0.1) is 0 Å². The lowest BCUT2D eigenvalue weighted by Gasteiger charge is -2.25. The minimum Gasteiger partial charge on any atom is -0.302 e. The third-order valence-electron chi connectivity index (χ3n) is 3.18. The maximum absolute atomic E-state index is 11.0. The van der Waals surface area contributed by atoms with Gasteiger partial charge in [0.05, 0.1) is 0 Å². The Morgan fingerprint density at radius 3 is 2.85 bits per heavy atom. The number of Topliss-reactive ketones (excluding diaryl/α,β-unsaturated/α-hetero) is 1. The fourth-order valence-corrected chi connectivity index (χ4v) is 2.05. The third-order valence-corrected chi connectivity index (χ3v) is 3.18. The second-order valence-electron chi connectivity index (χ2n) is 4.15. The summed E-state index contributed by atoms with van der Waals surface area (Å²) >= 11 is 0. The molecule has 0 saturated heterocycles. The summed E-state index contributed by atoms with van der Waals surface area (Å²) < 4.78 is 0. The van der Waals surface area contributed by atoms with E-state index < -0.39 is 5.41 Å². The van der Waals surface area contributed by atoms with Crippen LogP contribution in [0.25, 0.3) is 0 Å². The molecule has 1 aliphatic rings. The molecule has 0 aromatic carbocycles. The molecular weight excluding hydrogens is 164 g/mol. The maximum atomic E-state index is 11.0. The first-order chi connectivity index (χ1) is 6.00. The first-order valence-electron chi connectivity index (χ1n) is 4.64. The molecule has 2 nitrogen and oxygen atoms in total. The molecule has 72 valence electrons. The zero-order valence-corrected chi connectivity index (χ0v) is 8.30. The summed E-state index contributed by atoms with van der Waals surface area (Å²) in [5.41, 5.74) is 0.528. The standard InChI is InChI=1S/C11H16O2/c1-8-4-5-10(6-9(2)13)11(8,3)7-12/h7,10H,1,4-6H2,2-3H3/t10-,11+/m1/s1. The molecule has 0 aromatic heterocycles. The molecule has 1 rings (SSSR count). The predicted molar refractivity (Wildman–Crippen MR) is 51.3 cm³/mol. The number of carbonyl (C=O) groups excluding carboxylic acids is 2. The Balaban J connectivity index is 2.81. The highest BCUT2D eigenvalue weighted by Crippen LogP contribution is 2.46. The Morgan fingerprint density at radius 2 is 2.38 bits per heavy atom. The van der Waals surface area contributed by atoms with Crippen molar-refractivity contribution in [2.45, 2.75) is 33.1 Å². The van der Waals surface area contributed by atoms with Crippen LogP contribution in [0, 0.1) is 11.3 Å². The van der Waals surface area contributed by atoms with Gasteiger partial charge in [-0.3, -0.25) is 0 Å². The highest BCUT2D eigenvalue weighted by molar-refractivity contribution is 5.77. The molecular formula is C11H16O2. The van der Waals surface area contributed by atoms with E-state index in [1.54, 1.807) is 6.92 Å². The van der Waals surface area contributed by atoms with Crippen LogP contribution in [0.3, 0.4) is 0 Å². The van der Waals surface area contributed by atoms with Gasteiger partial charge in [0.2, 0.25) is 0 Å². The van der Waals surface area contributed by atoms with Gasteiger partial charge in [0, 0.05) is 11.8 Å². The van der Waals surface area contributed by atoms with Gasteiger partial charge in [-0.05, 0) is 32.6 Å². The van der Waals surface area contributed by atoms with E-state index in [9.17, 15) is 9.59 Å². The van der Waals surface area contributed by atoms with E-state index in [1.807, 2.05) is 6.92 Å². The fourth-order valence-electron chi connectivity index (χ4n) is 2.05. The van der Waals surface area contributed by atoms with Crippen molar-refractivity contribution < 1.29 is 9.59 Å². The molecule has 1 fully saturated rings. The van der Waals surface area contributed by atoms with Gasteiger partial charge >= 0.3 is 0 Å². The molecule has 0 heterocycles. The molecule has 1 saturated carbocycles. The number of rotatable bonds is 3. The van der Waals surface area contributed by atoms with E-state index in [4.69, 9.17) is 0 Å². The van der Waals surface area contributed by atoms with E-state index in [-0.39, 0.29) is 11.7 Å². The summed E-state index contributed by atoms with van der Waals surface area (Å²) in [6, 6.07) is 0. The minimum absolute atomic E-state index is 0.160. The summed E-state index contributed by atoms with van der Waals surface area (Å²) in [6.45, 7) is 7.36. The van der Waals surface area contributed by atoms with Gasteiger partial charge < -0.3 is 9.59 Å². The Morgan fingerprint density at radius 1 is 1.77 bits per heavy atom. The lowest BCUT2D eigenvalue weighted by Crippen LogP contribution is -2.26. The number of allylic oxidation sites excluding steroid dienone is 1. The average molecular weight is 180 g/mol. The summed E-state index contributed by atoms with van der Waals surface area (Å²) in [5.74, 6) is 0.336. The van der Waals surface area contributed by atoms with Crippen LogP contribution >= 0.6 is 0 Å². The monoisotopic (exact) mass is 180 g/mol. The molecule has 0 bridgehead atoms. The fraction of sp³-hybridized carbons (Fsp3) is 0.636. The molecule has 0 N–H and O–H groups in total. The van der Waals surface area contributed by atoms with Crippen molar-refractivity contribution in [2.24, 2.45) is 11.3 Å². The van der Waals surface area contributed by atoms with Crippen molar-refractivity contribution in [1.82, 2.24) is 0 Å². The number of carbonyl (C=O) groups is 2. The van der Waals surface area contributed by atoms with Crippen LogP contribution < -0.4 is 0 Å². The molecule has 13 heavy (non-hydrogen) atoms. The smallest absolute Gasteiger partial charge is 0.130 e. The topological polar surface area (TPSA) is 34.1 Å². The van der Waals surface area contributed by atoms with Crippen molar-refractivity contribution in [3.8, 4) is 0 Å². The lowest BCUT2D eigenvalue weighted by atomic mass is 9.77. The number of hydrogen-bond acceptors (Lipinski definition) is 2. The molecule has 0 unspecified atom stereocenters. The summed E-state index contributed by atoms with van der Waals surface area (Å²) in [5, 5.41) is 0. The van der Waals surface area contributed by atoms with Gasteiger partial charge in [0.25, 0.3) is 0 Å². The van der Waals surface area contributed by atoms with E-state index in [0.29, 0.717) is 6.42 Å². The Hall–Kier alpha value is -0.920. The van der Waals surface area contributed by atoms with Crippen molar-refractivity contribution in [3.05, 3.63) is 12.2 Å². The van der Waals surface area contributed by atoms with Gasteiger partial charge in [0.15, 0.2) is 0 Å². The highest BCUT2D eigenvalue weighted by atomic mass is 16.1. The molecule has 1 aliphatic carbocycles. The van der Waals surface area contributed by atoms with E-state index in [0.717, 1.165) is 24.7 Å². The van der Waals surface area contributed by atoms with E-state index >= 15 is 0 Å². The first kappa shape index (κ1) is 10.2. The Bertz CT molecular complexity index is 255. The average Bonchev–Trinajstić information content (AvgIpc) is 2.33. The van der Waals surface area contributed by atoms with Crippen molar-refractivity contribution in [2.75, 3.05) is 0 Å². The second-order valence-corrected chi connectivity index (χ2v) is 4.15. The van der Waals surface area contributed by atoms with Crippen LogP contribution in [0.2, 0.25) is 0 Å². The third kappa shape index (κ3) is 1.71. The summed E-state index contributed by atoms with van der Waals surface area (Å²) in [7, 11) is 0. The number of hydrogen-bond donors (Lipinski definition) is 0. The number of aldehydes is 1. The van der Waals surface area contributed by atoms with Gasteiger partial charge in [-0.25, -0.2) is 0 Å². The minimum atomic E-state index is -0.453. The van der Waals surface area contributed by atoms with Gasteiger partial charge in [0.1, 0.15) is 12.1 Å². The first-order valence-corrected chi connectivity index (χ1v) is 4.64. The molecule has 0 aliphatic heterocycles. The maximum Gasteiger partial charge on any atom is 0.130 e. The summed E-state index contributed by atoms with van der Waals surface area (Å²) in [4.78, 5) is 21.9. The van der Waals surface area contributed by atoms with Crippen LogP contribution in [-0.4, -0.2) is 12.1 Å². The van der Waals surface area contributed by atoms with Crippen molar-refractivity contribution in [3.63, 3.8) is 0 Å². The van der Waals surface area contributed by atoms with Crippen LogP contribution in [0.1, 0.15) is 33.1 Å². The largest absolute Gasteiger partial charge is 0.302 e. The summed E-state index contributed by atoms with van der Waals surface area (Å²) in [6.07, 6.45) is 3.27.